The molecule has 0 radical (unpaired) electrons. The lowest BCUT2D eigenvalue weighted by atomic mass is 9.78. The van der Waals surface area contributed by atoms with Gasteiger partial charge in [-0.2, -0.15) is 0 Å². The molecule has 1 saturated carbocycles. The topological polar surface area (TPSA) is 46.9 Å². The largest absolute Gasteiger partial charge is 0.349 e. The Balaban J connectivity index is 1.62. The number of nitrogens with zero attached hydrogens (tertiary/aromatic N) is 2. The molecule has 1 heterocycles. The number of nitrogens with one attached hydrogen (secondary N) is 1. The van der Waals surface area contributed by atoms with Crippen LogP contribution in [0.1, 0.15) is 49.3 Å². The van der Waals surface area contributed by atoms with Gasteiger partial charge in [0.1, 0.15) is 5.82 Å². The zero-order valence-corrected chi connectivity index (χ0v) is 18.2. The number of hydrogen-bond acceptors (Lipinski definition) is 2. The van der Waals surface area contributed by atoms with E-state index in [1.165, 1.54) is 12.8 Å². The average molecular weight is 440 g/mol. The van der Waals surface area contributed by atoms with Crippen LogP contribution in [0.15, 0.2) is 46.9 Å². The van der Waals surface area contributed by atoms with Crippen LogP contribution in [0.4, 0.5) is 0 Å². The molecule has 0 bridgehead atoms. The molecule has 3 atom stereocenters. The molecular weight excluding hydrogens is 414 g/mol. The maximum atomic E-state index is 12.9. The molecule has 0 aliphatic heterocycles. The molecule has 4 nitrogen and oxygen atoms in total. The van der Waals surface area contributed by atoms with Gasteiger partial charge in [0.2, 0.25) is 0 Å². The Morgan fingerprint density at radius 1 is 1.14 bits per heavy atom. The van der Waals surface area contributed by atoms with Crippen molar-refractivity contribution in [3.8, 4) is 5.69 Å². The SMILES string of the molecule is Cc1nc2cc(C(=O)N[C@@H]3CCC[C@@H](C)[C@@H]3C)ccc2n1-c1ccc(Br)cc1. The number of carbonyl (C=O) groups is 1. The Labute approximate surface area is 174 Å². The number of fused-ring (bicyclic) bond motifs is 1. The number of hydrogen-bond donors (Lipinski definition) is 1. The maximum absolute atomic E-state index is 12.9. The molecule has 1 aliphatic carbocycles. The number of aromatic nitrogens is 2. The summed E-state index contributed by atoms with van der Waals surface area (Å²) in [6.45, 7) is 6.53. The summed E-state index contributed by atoms with van der Waals surface area (Å²) in [4.78, 5) is 17.6. The highest BCUT2D eigenvalue weighted by Crippen LogP contribution is 2.30. The smallest absolute Gasteiger partial charge is 0.251 e. The number of carbonyl (C=O) groups excluding carboxylic acids is 1. The molecule has 1 aliphatic rings. The summed E-state index contributed by atoms with van der Waals surface area (Å²) in [6.07, 6.45) is 3.51. The van der Waals surface area contributed by atoms with Gasteiger partial charge in [0.05, 0.1) is 11.0 Å². The number of rotatable bonds is 3. The fourth-order valence-electron chi connectivity index (χ4n) is 4.30. The molecule has 1 amide bonds. The second-order valence-electron chi connectivity index (χ2n) is 8.02. The molecule has 2 aromatic carbocycles. The third-order valence-corrected chi connectivity index (χ3v) is 6.72. The van der Waals surface area contributed by atoms with Crippen molar-refractivity contribution < 1.29 is 4.79 Å². The molecule has 0 saturated heterocycles. The third kappa shape index (κ3) is 3.60. The van der Waals surface area contributed by atoms with Gasteiger partial charge in [-0.1, -0.05) is 42.6 Å². The van der Waals surface area contributed by atoms with E-state index in [-0.39, 0.29) is 11.9 Å². The van der Waals surface area contributed by atoms with Crippen LogP contribution in [0.3, 0.4) is 0 Å². The van der Waals surface area contributed by atoms with Crippen LogP contribution >= 0.6 is 15.9 Å². The van der Waals surface area contributed by atoms with Crippen LogP contribution < -0.4 is 5.32 Å². The predicted octanol–water partition coefficient (Wildman–Crippen LogP) is 5.65. The van der Waals surface area contributed by atoms with Crippen molar-refractivity contribution in [3.05, 3.63) is 58.3 Å². The summed E-state index contributed by atoms with van der Waals surface area (Å²) in [5.41, 5.74) is 3.60. The van der Waals surface area contributed by atoms with Crippen molar-refractivity contribution in [1.29, 1.82) is 0 Å². The van der Waals surface area contributed by atoms with Gasteiger partial charge in [0.15, 0.2) is 0 Å². The molecule has 146 valence electrons. The van der Waals surface area contributed by atoms with Gasteiger partial charge in [0.25, 0.3) is 5.91 Å². The highest BCUT2D eigenvalue weighted by atomic mass is 79.9. The average Bonchev–Trinajstić information content (AvgIpc) is 3.01. The lowest BCUT2D eigenvalue weighted by Gasteiger charge is -2.34. The third-order valence-electron chi connectivity index (χ3n) is 6.19. The second-order valence-corrected chi connectivity index (χ2v) is 8.94. The van der Waals surface area contributed by atoms with Crippen LogP contribution in [0.2, 0.25) is 0 Å². The van der Waals surface area contributed by atoms with Crippen molar-refractivity contribution in [2.75, 3.05) is 0 Å². The maximum Gasteiger partial charge on any atom is 0.251 e. The fraction of sp³-hybridized carbons (Fsp3) is 0.391. The molecule has 3 aromatic rings. The van der Waals surface area contributed by atoms with Crippen LogP contribution in [-0.2, 0) is 0 Å². The lowest BCUT2D eigenvalue weighted by Crippen LogP contribution is -2.43. The number of halogens is 1. The summed E-state index contributed by atoms with van der Waals surface area (Å²) < 4.78 is 3.16. The first kappa shape index (κ1) is 19.2. The van der Waals surface area contributed by atoms with Crippen molar-refractivity contribution in [2.24, 2.45) is 11.8 Å². The number of imidazole rings is 1. The minimum Gasteiger partial charge on any atom is -0.349 e. The van der Waals surface area contributed by atoms with E-state index in [4.69, 9.17) is 4.98 Å². The predicted molar refractivity (Wildman–Crippen MR) is 117 cm³/mol. The summed E-state index contributed by atoms with van der Waals surface area (Å²) in [5.74, 6) is 2.08. The Hall–Kier alpha value is -2.14. The number of benzene rings is 2. The van der Waals surface area contributed by atoms with Gasteiger partial charge in [-0.25, -0.2) is 4.98 Å². The van der Waals surface area contributed by atoms with Gasteiger partial charge in [-0.15, -0.1) is 0 Å². The van der Waals surface area contributed by atoms with Gasteiger partial charge in [-0.3, -0.25) is 9.36 Å². The highest BCUT2D eigenvalue weighted by Gasteiger charge is 2.28. The standard InChI is InChI=1S/C23H26BrN3O/c1-14-5-4-6-20(15(14)2)26-23(28)17-7-12-22-21(13-17)25-16(3)27(22)19-10-8-18(24)9-11-19/h7-15,20H,4-6H2,1-3H3,(H,26,28)/t14-,15+,20-/m1/s1. The monoisotopic (exact) mass is 439 g/mol. The van der Waals surface area contributed by atoms with E-state index in [1.807, 2.05) is 37.3 Å². The lowest BCUT2D eigenvalue weighted by molar-refractivity contribution is 0.0891. The highest BCUT2D eigenvalue weighted by molar-refractivity contribution is 9.10. The van der Waals surface area contributed by atoms with Gasteiger partial charge < -0.3 is 5.32 Å². The Kier molecular flexibility index (Phi) is 5.28. The van der Waals surface area contributed by atoms with E-state index in [0.29, 0.717) is 17.4 Å². The Morgan fingerprint density at radius 2 is 1.89 bits per heavy atom. The van der Waals surface area contributed by atoms with Gasteiger partial charge >= 0.3 is 0 Å². The van der Waals surface area contributed by atoms with E-state index in [1.54, 1.807) is 0 Å². The van der Waals surface area contributed by atoms with E-state index in [0.717, 1.165) is 33.4 Å². The van der Waals surface area contributed by atoms with Crippen molar-refractivity contribution >= 4 is 32.9 Å². The minimum atomic E-state index is 0.00342. The first-order valence-corrected chi connectivity index (χ1v) is 10.8. The molecular formula is C23H26BrN3O. The molecule has 1 N–H and O–H groups in total. The quantitative estimate of drug-likeness (QED) is 0.572. The second kappa shape index (κ2) is 7.70. The molecule has 0 unspecified atom stereocenters. The van der Waals surface area contributed by atoms with Crippen LogP contribution in [0.25, 0.3) is 16.7 Å². The summed E-state index contributed by atoms with van der Waals surface area (Å²) in [7, 11) is 0. The molecule has 4 rings (SSSR count). The normalized spacial score (nSPS) is 22.4. The zero-order chi connectivity index (χ0) is 19.8. The van der Waals surface area contributed by atoms with E-state index in [2.05, 4.69) is 51.8 Å². The molecule has 0 spiro atoms. The van der Waals surface area contributed by atoms with E-state index in [9.17, 15) is 4.79 Å². The molecule has 28 heavy (non-hydrogen) atoms. The van der Waals surface area contributed by atoms with Crippen LogP contribution in [0.5, 0.6) is 0 Å². The molecule has 1 aromatic heterocycles. The van der Waals surface area contributed by atoms with E-state index < -0.39 is 0 Å². The fourth-order valence-corrected chi connectivity index (χ4v) is 4.56. The molecule has 1 fully saturated rings. The zero-order valence-electron chi connectivity index (χ0n) is 16.6. The van der Waals surface area contributed by atoms with Crippen molar-refractivity contribution in [1.82, 2.24) is 14.9 Å². The van der Waals surface area contributed by atoms with E-state index >= 15 is 0 Å². The Morgan fingerprint density at radius 3 is 2.64 bits per heavy atom. The van der Waals surface area contributed by atoms with Gasteiger partial charge in [-0.05, 0) is 67.6 Å². The Bertz CT molecular complexity index is 1010. The number of amides is 1. The molecule has 5 heteroatoms. The summed E-state index contributed by atoms with van der Waals surface area (Å²) in [6, 6.07) is 14.2. The minimum absolute atomic E-state index is 0.00342. The van der Waals surface area contributed by atoms with Crippen LogP contribution in [0, 0.1) is 18.8 Å². The summed E-state index contributed by atoms with van der Waals surface area (Å²) in [5, 5.41) is 3.26. The number of aryl methyl sites for hydroxylation is 1. The van der Waals surface area contributed by atoms with Crippen LogP contribution in [-0.4, -0.2) is 21.5 Å². The van der Waals surface area contributed by atoms with Crippen molar-refractivity contribution in [3.63, 3.8) is 0 Å². The first-order chi connectivity index (χ1) is 13.4. The summed E-state index contributed by atoms with van der Waals surface area (Å²) >= 11 is 3.48. The van der Waals surface area contributed by atoms with Gasteiger partial charge in [0, 0.05) is 21.8 Å². The van der Waals surface area contributed by atoms with Crippen molar-refractivity contribution in [2.45, 2.75) is 46.1 Å². The first-order valence-electron chi connectivity index (χ1n) is 10.00.